The number of anilines is 1. The lowest BCUT2D eigenvalue weighted by molar-refractivity contribution is 0.0971. The first kappa shape index (κ1) is 19.4. The summed E-state index contributed by atoms with van der Waals surface area (Å²) in [6, 6.07) is 8.66. The molecule has 7 nitrogen and oxygen atoms in total. The van der Waals surface area contributed by atoms with Crippen molar-refractivity contribution in [2.24, 2.45) is 0 Å². The lowest BCUT2D eigenvalue weighted by Crippen LogP contribution is -2.21. The Hall–Kier alpha value is -3.94. The Labute approximate surface area is 171 Å². The van der Waals surface area contributed by atoms with E-state index in [2.05, 4.69) is 20.3 Å². The Morgan fingerprint density at radius 1 is 1.10 bits per heavy atom. The summed E-state index contributed by atoms with van der Waals surface area (Å²) in [4.78, 5) is 24.9. The van der Waals surface area contributed by atoms with Gasteiger partial charge in [0.2, 0.25) is 5.88 Å². The number of carbonyl (C=O) groups excluding carboxylic acids is 1. The summed E-state index contributed by atoms with van der Waals surface area (Å²) in [5, 5.41) is 3.71. The Balaban J connectivity index is 1.76. The number of H-pyrrole nitrogens is 1. The summed E-state index contributed by atoms with van der Waals surface area (Å²) in [5.41, 5.74) is 2.26. The molecular formula is C22H19FN4O3. The monoisotopic (exact) mass is 406 g/mol. The van der Waals surface area contributed by atoms with Gasteiger partial charge in [0.05, 0.1) is 32.3 Å². The van der Waals surface area contributed by atoms with Gasteiger partial charge in [0.15, 0.2) is 5.78 Å². The van der Waals surface area contributed by atoms with Crippen LogP contribution in [0.3, 0.4) is 0 Å². The molecule has 3 aromatic heterocycles. The number of fused-ring (bicyclic) bond motifs is 1. The lowest BCUT2D eigenvalue weighted by atomic mass is 9.97. The van der Waals surface area contributed by atoms with Crippen molar-refractivity contribution in [2.45, 2.75) is 6.04 Å². The highest BCUT2D eigenvalue weighted by Crippen LogP contribution is 2.29. The Morgan fingerprint density at radius 2 is 1.97 bits per heavy atom. The number of benzene rings is 1. The highest BCUT2D eigenvalue weighted by Gasteiger charge is 2.25. The third-order valence-electron chi connectivity index (χ3n) is 4.73. The van der Waals surface area contributed by atoms with Gasteiger partial charge < -0.3 is 19.8 Å². The van der Waals surface area contributed by atoms with Crippen LogP contribution >= 0.6 is 0 Å². The molecule has 1 atom stereocenters. The summed E-state index contributed by atoms with van der Waals surface area (Å²) in [7, 11) is 3.06. The molecule has 4 aromatic rings. The maximum Gasteiger partial charge on any atom is 0.212 e. The smallest absolute Gasteiger partial charge is 0.212 e. The zero-order chi connectivity index (χ0) is 21.1. The highest BCUT2D eigenvalue weighted by atomic mass is 19.1. The van der Waals surface area contributed by atoms with Crippen LogP contribution in [0, 0.1) is 5.82 Å². The van der Waals surface area contributed by atoms with Crippen LogP contribution in [0.25, 0.3) is 10.9 Å². The molecular weight excluding hydrogens is 387 g/mol. The molecule has 0 aliphatic carbocycles. The van der Waals surface area contributed by atoms with E-state index in [0.29, 0.717) is 39.3 Å². The molecule has 0 saturated heterocycles. The highest BCUT2D eigenvalue weighted by molar-refractivity contribution is 6.11. The molecule has 2 N–H and O–H groups in total. The zero-order valence-corrected chi connectivity index (χ0v) is 16.3. The number of halogens is 1. The van der Waals surface area contributed by atoms with Gasteiger partial charge >= 0.3 is 0 Å². The number of rotatable bonds is 7. The second-order valence-electron chi connectivity index (χ2n) is 6.58. The van der Waals surface area contributed by atoms with E-state index >= 15 is 0 Å². The fourth-order valence-electron chi connectivity index (χ4n) is 3.21. The van der Waals surface area contributed by atoms with Crippen LogP contribution in [0.2, 0.25) is 0 Å². The van der Waals surface area contributed by atoms with Crippen molar-refractivity contribution in [1.29, 1.82) is 0 Å². The third kappa shape index (κ3) is 3.80. The van der Waals surface area contributed by atoms with Crippen molar-refractivity contribution in [3.05, 3.63) is 78.1 Å². The number of aromatic amines is 1. The average Bonchev–Trinajstić information content (AvgIpc) is 3.20. The Kier molecular flexibility index (Phi) is 5.30. The molecule has 0 aliphatic rings. The van der Waals surface area contributed by atoms with Gasteiger partial charge in [0.1, 0.15) is 17.6 Å². The first-order chi connectivity index (χ1) is 14.6. The molecule has 152 valence electrons. The van der Waals surface area contributed by atoms with Crippen LogP contribution in [-0.4, -0.2) is 35.0 Å². The van der Waals surface area contributed by atoms with E-state index in [1.165, 1.54) is 26.4 Å². The SMILES string of the molecule is COc1cncc(NC(C(=O)c2c[nH]c3ccc(F)cc23)c2ccc(OC)nc2)c1. The predicted molar refractivity (Wildman–Crippen MR) is 111 cm³/mol. The van der Waals surface area contributed by atoms with Gasteiger partial charge in [-0.15, -0.1) is 0 Å². The number of hydrogen-bond donors (Lipinski definition) is 2. The predicted octanol–water partition coefficient (Wildman–Crippen LogP) is 4.15. The number of pyridine rings is 2. The van der Waals surface area contributed by atoms with Crippen molar-refractivity contribution >= 4 is 22.4 Å². The summed E-state index contributed by atoms with van der Waals surface area (Å²) >= 11 is 0. The van der Waals surface area contributed by atoms with E-state index in [1.54, 1.807) is 49.1 Å². The normalized spacial score (nSPS) is 11.8. The molecule has 30 heavy (non-hydrogen) atoms. The molecule has 0 aliphatic heterocycles. The van der Waals surface area contributed by atoms with Gasteiger partial charge in [0.25, 0.3) is 0 Å². The van der Waals surface area contributed by atoms with Gasteiger partial charge in [-0.05, 0) is 24.3 Å². The fraction of sp³-hybridized carbons (Fsp3) is 0.136. The number of hydrogen-bond acceptors (Lipinski definition) is 6. The maximum absolute atomic E-state index is 13.8. The molecule has 4 rings (SSSR count). The zero-order valence-electron chi connectivity index (χ0n) is 16.3. The molecule has 1 aromatic carbocycles. The second kappa shape index (κ2) is 8.20. The van der Waals surface area contributed by atoms with E-state index < -0.39 is 11.9 Å². The number of carbonyl (C=O) groups is 1. The largest absolute Gasteiger partial charge is 0.495 e. The van der Waals surface area contributed by atoms with E-state index in [-0.39, 0.29) is 5.78 Å². The Bertz CT molecular complexity index is 1190. The van der Waals surface area contributed by atoms with Crippen LogP contribution in [-0.2, 0) is 0 Å². The number of ketones is 1. The third-order valence-corrected chi connectivity index (χ3v) is 4.73. The second-order valence-corrected chi connectivity index (χ2v) is 6.58. The number of aromatic nitrogens is 3. The van der Waals surface area contributed by atoms with Crippen LogP contribution in [0.15, 0.2) is 61.2 Å². The summed E-state index contributed by atoms with van der Waals surface area (Å²) in [6.07, 6.45) is 6.31. The number of ether oxygens (including phenoxy) is 2. The first-order valence-corrected chi connectivity index (χ1v) is 9.15. The maximum atomic E-state index is 13.8. The number of nitrogens with one attached hydrogen (secondary N) is 2. The van der Waals surface area contributed by atoms with Gasteiger partial charge in [-0.3, -0.25) is 9.78 Å². The van der Waals surface area contributed by atoms with Gasteiger partial charge in [-0.2, -0.15) is 0 Å². The van der Waals surface area contributed by atoms with Gasteiger partial charge in [0, 0.05) is 46.6 Å². The van der Waals surface area contributed by atoms with E-state index in [1.807, 2.05) is 0 Å². The van der Waals surface area contributed by atoms with E-state index in [9.17, 15) is 9.18 Å². The molecule has 3 heterocycles. The van der Waals surface area contributed by atoms with E-state index in [0.717, 1.165) is 0 Å². The molecule has 0 amide bonds. The number of methoxy groups -OCH3 is 2. The summed E-state index contributed by atoms with van der Waals surface area (Å²) in [6.45, 7) is 0. The topological polar surface area (TPSA) is 89.1 Å². The molecule has 0 fully saturated rings. The minimum absolute atomic E-state index is 0.248. The van der Waals surface area contributed by atoms with Crippen LogP contribution in [0.5, 0.6) is 11.6 Å². The molecule has 0 spiro atoms. The standard InChI is InChI=1S/C22H19FN4O3/c1-29-16-8-15(10-24-11-16)27-21(13-3-6-20(30-2)26-9-13)22(28)18-12-25-19-5-4-14(23)7-17(18)19/h3-12,21,25,27H,1-2H3. The molecule has 1 unspecified atom stereocenters. The molecule has 0 saturated carbocycles. The summed E-state index contributed by atoms with van der Waals surface area (Å²) in [5.74, 6) is 0.320. The van der Waals surface area contributed by atoms with Crippen molar-refractivity contribution in [3.63, 3.8) is 0 Å². The van der Waals surface area contributed by atoms with Gasteiger partial charge in [-0.1, -0.05) is 0 Å². The van der Waals surface area contributed by atoms with Crippen LogP contribution in [0.1, 0.15) is 22.0 Å². The van der Waals surface area contributed by atoms with Crippen molar-refractivity contribution in [3.8, 4) is 11.6 Å². The van der Waals surface area contributed by atoms with Crippen LogP contribution in [0.4, 0.5) is 10.1 Å². The number of Topliss-reactive ketones (excluding diaryl/α,β-unsaturated/α-hetero) is 1. The van der Waals surface area contributed by atoms with E-state index in [4.69, 9.17) is 9.47 Å². The van der Waals surface area contributed by atoms with Crippen molar-refractivity contribution < 1.29 is 18.7 Å². The summed E-state index contributed by atoms with van der Waals surface area (Å²) < 4.78 is 24.1. The molecule has 0 radical (unpaired) electrons. The minimum atomic E-state index is -0.792. The molecule has 0 bridgehead atoms. The number of nitrogens with zero attached hydrogens (tertiary/aromatic N) is 2. The average molecular weight is 406 g/mol. The Morgan fingerprint density at radius 3 is 2.70 bits per heavy atom. The van der Waals surface area contributed by atoms with Crippen molar-refractivity contribution in [2.75, 3.05) is 19.5 Å². The van der Waals surface area contributed by atoms with Crippen LogP contribution < -0.4 is 14.8 Å². The quantitative estimate of drug-likeness (QED) is 0.448. The fourth-order valence-corrected chi connectivity index (χ4v) is 3.21. The van der Waals surface area contributed by atoms with Gasteiger partial charge in [-0.25, -0.2) is 9.37 Å². The molecule has 8 heteroatoms. The first-order valence-electron chi connectivity index (χ1n) is 9.15. The van der Waals surface area contributed by atoms with Crippen molar-refractivity contribution in [1.82, 2.24) is 15.0 Å². The lowest BCUT2D eigenvalue weighted by Gasteiger charge is -2.19. The minimum Gasteiger partial charge on any atom is -0.495 e.